The Balaban J connectivity index is 1.84. The van der Waals surface area contributed by atoms with Gasteiger partial charge in [0.2, 0.25) is 0 Å². The van der Waals surface area contributed by atoms with Crippen LogP contribution in [0, 0.1) is 5.92 Å². The molecule has 1 aromatic carbocycles. The van der Waals surface area contributed by atoms with Crippen LogP contribution in [0.4, 0.5) is 0 Å². The molecule has 2 heterocycles. The van der Waals surface area contributed by atoms with Gasteiger partial charge in [-0.3, -0.25) is 4.90 Å². The molecule has 0 radical (unpaired) electrons. The second-order valence-corrected chi connectivity index (χ2v) is 7.98. The summed E-state index contributed by atoms with van der Waals surface area (Å²) in [5.74, 6) is 0.789. The normalized spacial score (nSPS) is 19.3. The molecule has 0 amide bonds. The van der Waals surface area contributed by atoms with E-state index in [2.05, 4.69) is 11.8 Å². The molecule has 0 spiro atoms. The van der Waals surface area contributed by atoms with Crippen molar-refractivity contribution >= 4 is 22.6 Å². The van der Waals surface area contributed by atoms with E-state index in [9.17, 15) is 9.90 Å². The molecule has 2 aliphatic rings. The number of rotatable bonds is 2. The summed E-state index contributed by atoms with van der Waals surface area (Å²) in [5, 5.41) is 11.8. The predicted octanol–water partition coefficient (Wildman–Crippen LogP) is 4.26. The number of piperidine rings is 1. The zero-order chi connectivity index (χ0) is 17.6. The zero-order valence-electron chi connectivity index (χ0n) is 14.6. The largest absolute Gasteiger partial charge is 0.506 e. The minimum Gasteiger partial charge on any atom is -0.506 e. The van der Waals surface area contributed by atoms with Gasteiger partial charge in [0.05, 0.1) is 10.6 Å². The molecular formula is C20H24ClNO3. The van der Waals surface area contributed by atoms with E-state index in [1.807, 2.05) is 0 Å². The van der Waals surface area contributed by atoms with Crippen molar-refractivity contribution in [1.29, 1.82) is 0 Å². The molecule has 1 fully saturated rings. The summed E-state index contributed by atoms with van der Waals surface area (Å²) in [6.07, 6.45) is 6.04. The maximum absolute atomic E-state index is 12.5. The van der Waals surface area contributed by atoms with Gasteiger partial charge in [0, 0.05) is 17.5 Å². The number of phenols is 1. The summed E-state index contributed by atoms with van der Waals surface area (Å²) in [4.78, 5) is 14.8. The van der Waals surface area contributed by atoms with E-state index in [0.29, 0.717) is 22.7 Å². The summed E-state index contributed by atoms with van der Waals surface area (Å²) in [6.45, 7) is 4.82. The lowest BCUT2D eigenvalue weighted by Crippen LogP contribution is -2.32. The Morgan fingerprint density at radius 1 is 1.24 bits per heavy atom. The van der Waals surface area contributed by atoms with Gasteiger partial charge in [-0.2, -0.15) is 0 Å². The van der Waals surface area contributed by atoms with Crippen LogP contribution < -0.4 is 5.63 Å². The molecule has 4 rings (SSSR count). The van der Waals surface area contributed by atoms with Crippen LogP contribution in [0.5, 0.6) is 5.75 Å². The van der Waals surface area contributed by atoms with Crippen LogP contribution in [0.3, 0.4) is 0 Å². The van der Waals surface area contributed by atoms with Gasteiger partial charge in [0.25, 0.3) is 0 Å². The van der Waals surface area contributed by atoms with Crippen molar-refractivity contribution in [3.8, 4) is 5.75 Å². The van der Waals surface area contributed by atoms with E-state index < -0.39 is 0 Å². The van der Waals surface area contributed by atoms with Crippen LogP contribution in [0.15, 0.2) is 15.3 Å². The molecular weight excluding hydrogens is 338 g/mol. The van der Waals surface area contributed by atoms with E-state index in [4.69, 9.17) is 16.0 Å². The topological polar surface area (TPSA) is 53.7 Å². The Morgan fingerprint density at radius 3 is 2.64 bits per heavy atom. The second-order valence-electron chi connectivity index (χ2n) is 7.57. The number of likely N-dealkylation sites (tertiary alicyclic amines) is 1. The van der Waals surface area contributed by atoms with Gasteiger partial charge in [-0.05, 0) is 69.2 Å². The highest BCUT2D eigenvalue weighted by atomic mass is 35.5. The number of aromatic hydroxyl groups is 1. The molecule has 1 aliphatic carbocycles. The Labute approximate surface area is 152 Å². The molecule has 1 saturated heterocycles. The van der Waals surface area contributed by atoms with E-state index in [1.54, 1.807) is 6.07 Å². The summed E-state index contributed by atoms with van der Waals surface area (Å²) in [7, 11) is 0. The van der Waals surface area contributed by atoms with E-state index >= 15 is 0 Å². The Kier molecular flexibility index (Phi) is 4.50. The maximum atomic E-state index is 12.5. The highest BCUT2D eigenvalue weighted by molar-refractivity contribution is 6.33. The van der Waals surface area contributed by atoms with Crippen LogP contribution in [0.2, 0.25) is 5.02 Å². The maximum Gasteiger partial charge on any atom is 0.339 e. The molecule has 0 unspecified atom stereocenters. The molecule has 25 heavy (non-hydrogen) atoms. The predicted molar refractivity (Wildman–Crippen MR) is 99.5 cm³/mol. The number of phenolic OH excluding ortho intramolecular Hbond substituents is 1. The molecule has 5 heteroatoms. The third-order valence-corrected chi connectivity index (χ3v) is 6.08. The number of aryl methyl sites for hydroxylation is 1. The summed E-state index contributed by atoms with van der Waals surface area (Å²) in [6, 6.07) is 1.76. The van der Waals surface area contributed by atoms with Crippen molar-refractivity contribution in [2.24, 2.45) is 5.92 Å². The molecule has 0 bridgehead atoms. The number of hydrogen-bond donors (Lipinski definition) is 1. The fourth-order valence-corrected chi connectivity index (χ4v) is 4.41. The first-order valence-electron chi connectivity index (χ1n) is 9.26. The number of nitrogens with zero attached hydrogens (tertiary/aromatic N) is 1. The number of hydrogen-bond acceptors (Lipinski definition) is 4. The fourth-order valence-electron chi connectivity index (χ4n) is 4.19. The molecule has 2 aromatic rings. The Morgan fingerprint density at radius 2 is 1.92 bits per heavy atom. The van der Waals surface area contributed by atoms with Gasteiger partial charge >= 0.3 is 5.63 Å². The van der Waals surface area contributed by atoms with Crippen molar-refractivity contribution in [3.05, 3.63) is 38.2 Å². The number of halogens is 1. The van der Waals surface area contributed by atoms with Gasteiger partial charge in [-0.25, -0.2) is 4.79 Å². The highest BCUT2D eigenvalue weighted by Crippen LogP contribution is 2.38. The highest BCUT2D eigenvalue weighted by Gasteiger charge is 2.24. The van der Waals surface area contributed by atoms with Gasteiger partial charge in [-0.1, -0.05) is 18.5 Å². The van der Waals surface area contributed by atoms with Crippen LogP contribution in [-0.2, 0) is 19.4 Å². The minimum atomic E-state index is -0.252. The molecule has 1 aromatic heterocycles. The van der Waals surface area contributed by atoms with Crippen LogP contribution in [0.1, 0.15) is 49.3 Å². The van der Waals surface area contributed by atoms with Gasteiger partial charge < -0.3 is 9.52 Å². The lowest BCUT2D eigenvalue weighted by molar-refractivity contribution is 0.183. The fraction of sp³-hybridized carbons (Fsp3) is 0.550. The van der Waals surface area contributed by atoms with E-state index in [-0.39, 0.29) is 11.4 Å². The SMILES string of the molecule is CC1CCN(Cc2c(O)c(Cl)cc3c4c(c(=O)oc23)CCCC4)CC1. The average Bonchev–Trinajstić information content (AvgIpc) is 2.62. The third-order valence-electron chi connectivity index (χ3n) is 5.79. The molecule has 0 atom stereocenters. The first-order chi connectivity index (χ1) is 12.0. The van der Waals surface area contributed by atoms with Crippen molar-refractivity contribution in [1.82, 2.24) is 4.90 Å². The molecule has 134 valence electrons. The van der Waals surface area contributed by atoms with Crippen molar-refractivity contribution in [3.63, 3.8) is 0 Å². The minimum absolute atomic E-state index is 0.0479. The first kappa shape index (κ1) is 16.9. The molecule has 4 nitrogen and oxygen atoms in total. The smallest absolute Gasteiger partial charge is 0.339 e. The van der Waals surface area contributed by atoms with Crippen molar-refractivity contribution in [2.45, 2.75) is 52.0 Å². The Hall–Kier alpha value is -1.52. The molecule has 1 aliphatic heterocycles. The average molecular weight is 362 g/mol. The lowest BCUT2D eigenvalue weighted by atomic mass is 9.89. The standard InChI is InChI=1S/C20H24ClNO3/c1-12-6-8-22(9-7-12)11-16-18(23)17(21)10-15-13-4-2-3-5-14(13)20(24)25-19(15)16/h10,12,23H,2-9,11H2,1H3. The van der Waals surface area contributed by atoms with E-state index in [0.717, 1.165) is 74.0 Å². The summed E-state index contributed by atoms with van der Waals surface area (Å²) >= 11 is 6.33. The number of fused-ring (bicyclic) bond motifs is 3. The second kappa shape index (κ2) is 6.65. The first-order valence-corrected chi connectivity index (χ1v) is 9.63. The van der Waals surface area contributed by atoms with Crippen LogP contribution in [-0.4, -0.2) is 23.1 Å². The van der Waals surface area contributed by atoms with Crippen LogP contribution in [0.25, 0.3) is 11.0 Å². The van der Waals surface area contributed by atoms with Crippen LogP contribution >= 0.6 is 11.6 Å². The van der Waals surface area contributed by atoms with Gasteiger partial charge in [0.1, 0.15) is 11.3 Å². The summed E-state index contributed by atoms with van der Waals surface area (Å²) < 4.78 is 5.69. The molecule has 0 saturated carbocycles. The third kappa shape index (κ3) is 3.06. The Bertz CT molecular complexity index is 866. The number of benzene rings is 1. The summed E-state index contributed by atoms with van der Waals surface area (Å²) in [5.41, 5.74) is 2.78. The van der Waals surface area contributed by atoms with E-state index in [1.165, 1.54) is 0 Å². The lowest BCUT2D eigenvalue weighted by Gasteiger charge is -2.30. The van der Waals surface area contributed by atoms with Crippen molar-refractivity contribution in [2.75, 3.05) is 13.1 Å². The quantitative estimate of drug-likeness (QED) is 0.812. The van der Waals surface area contributed by atoms with Gasteiger partial charge in [0.15, 0.2) is 0 Å². The zero-order valence-corrected chi connectivity index (χ0v) is 15.4. The van der Waals surface area contributed by atoms with Gasteiger partial charge in [-0.15, -0.1) is 0 Å². The van der Waals surface area contributed by atoms with Crippen molar-refractivity contribution < 1.29 is 9.52 Å². The monoisotopic (exact) mass is 361 g/mol. The molecule has 1 N–H and O–H groups in total.